The maximum Gasteiger partial charge on any atom is 0.338 e. The maximum atomic E-state index is 12.2. The van der Waals surface area contributed by atoms with Crippen LogP contribution in [0.1, 0.15) is 16.8 Å². The van der Waals surface area contributed by atoms with Crippen LogP contribution < -0.4 is 5.32 Å². The van der Waals surface area contributed by atoms with E-state index in [-0.39, 0.29) is 13.0 Å². The molecule has 0 atom stereocenters. The number of hydrogen-bond donors (Lipinski definition) is 1. The summed E-state index contributed by atoms with van der Waals surface area (Å²) in [6, 6.07) is 16.2. The van der Waals surface area contributed by atoms with Crippen LogP contribution >= 0.6 is 0 Å². The van der Waals surface area contributed by atoms with Crippen molar-refractivity contribution >= 4 is 22.8 Å². The first-order chi connectivity index (χ1) is 12.7. The standard InChI is InChI=1S/C19H15N3O4/c20-9-4-10-21-17(23)12-25-19(24)14-7-8-16-15(11-14)18(26-22-16)13-5-2-1-3-6-13/h1-3,5-8,11H,4,10,12H2,(H,21,23). The Labute approximate surface area is 149 Å². The summed E-state index contributed by atoms with van der Waals surface area (Å²) in [6.07, 6.45) is 0.201. The summed E-state index contributed by atoms with van der Waals surface area (Å²) in [4.78, 5) is 23.7. The van der Waals surface area contributed by atoms with E-state index in [4.69, 9.17) is 14.5 Å². The predicted octanol–water partition coefficient (Wildman–Crippen LogP) is 2.68. The number of ether oxygens (including phenoxy) is 1. The van der Waals surface area contributed by atoms with Crippen molar-refractivity contribution in [1.82, 2.24) is 10.5 Å². The van der Waals surface area contributed by atoms with Gasteiger partial charge in [0, 0.05) is 12.1 Å². The molecular formula is C19H15N3O4. The second-order valence-electron chi connectivity index (χ2n) is 5.44. The Morgan fingerprint density at radius 2 is 2.00 bits per heavy atom. The highest BCUT2D eigenvalue weighted by Gasteiger charge is 2.15. The second-order valence-corrected chi connectivity index (χ2v) is 5.44. The SMILES string of the molecule is N#CCCNC(=O)COC(=O)c1ccc2noc(-c3ccccc3)c2c1. The summed E-state index contributed by atoms with van der Waals surface area (Å²) in [5, 5.41) is 15.6. The molecular weight excluding hydrogens is 334 g/mol. The summed E-state index contributed by atoms with van der Waals surface area (Å²) < 4.78 is 10.4. The van der Waals surface area contributed by atoms with Crippen LogP contribution in [0.25, 0.3) is 22.2 Å². The summed E-state index contributed by atoms with van der Waals surface area (Å²) in [7, 11) is 0. The summed E-state index contributed by atoms with van der Waals surface area (Å²) in [5.74, 6) is -0.517. The zero-order chi connectivity index (χ0) is 18.4. The molecule has 0 spiro atoms. The van der Waals surface area contributed by atoms with Gasteiger partial charge >= 0.3 is 5.97 Å². The first-order valence-corrected chi connectivity index (χ1v) is 7.94. The fourth-order valence-electron chi connectivity index (χ4n) is 2.39. The van der Waals surface area contributed by atoms with E-state index in [9.17, 15) is 9.59 Å². The van der Waals surface area contributed by atoms with E-state index in [1.807, 2.05) is 36.4 Å². The van der Waals surface area contributed by atoms with E-state index in [1.165, 1.54) is 0 Å². The highest BCUT2D eigenvalue weighted by Crippen LogP contribution is 2.29. The van der Waals surface area contributed by atoms with Gasteiger partial charge in [-0.05, 0) is 18.2 Å². The first kappa shape index (κ1) is 17.2. The third kappa shape index (κ3) is 3.87. The molecule has 3 aromatic rings. The molecule has 1 heterocycles. The number of nitrogens with one attached hydrogen (secondary N) is 1. The van der Waals surface area contributed by atoms with Crippen LogP contribution in [0.15, 0.2) is 53.1 Å². The molecule has 0 radical (unpaired) electrons. The predicted molar refractivity (Wildman–Crippen MR) is 93.0 cm³/mol. The Balaban J connectivity index is 1.73. The van der Waals surface area contributed by atoms with Crippen molar-refractivity contribution in [2.45, 2.75) is 6.42 Å². The molecule has 0 unspecified atom stereocenters. The number of aromatic nitrogens is 1. The van der Waals surface area contributed by atoms with Crippen LogP contribution in [-0.4, -0.2) is 30.2 Å². The van der Waals surface area contributed by atoms with E-state index >= 15 is 0 Å². The van der Waals surface area contributed by atoms with Crippen LogP contribution in [0.4, 0.5) is 0 Å². The Hall–Kier alpha value is -3.66. The van der Waals surface area contributed by atoms with Gasteiger partial charge in [0.2, 0.25) is 0 Å². The van der Waals surface area contributed by atoms with Crippen LogP contribution in [-0.2, 0) is 9.53 Å². The van der Waals surface area contributed by atoms with Crippen molar-refractivity contribution in [2.75, 3.05) is 13.2 Å². The fourth-order valence-corrected chi connectivity index (χ4v) is 2.39. The van der Waals surface area contributed by atoms with Gasteiger partial charge in [0.05, 0.1) is 23.4 Å². The van der Waals surface area contributed by atoms with Crippen LogP contribution in [0.3, 0.4) is 0 Å². The molecule has 0 fully saturated rings. The lowest BCUT2D eigenvalue weighted by molar-refractivity contribution is -0.124. The minimum Gasteiger partial charge on any atom is -0.452 e. The summed E-state index contributed by atoms with van der Waals surface area (Å²) in [5.41, 5.74) is 1.76. The van der Waals surface area contributed by atoms with E-state index in [0.717, 1.165) is 5.56 Å². The van der Waals surface area contributed by atoms with Gasteiger partial charge in [-0.2, -0.15) is 5.26 Å². The number of hydrogen-bond acceptors (Lipinski definition) is 6. The molecule has 26 heavy (non-hydrogen) atoms. The molecule has 0 saturated heterocycles. The molecule has 7 nitrogen and oxygen atoms in total. The number of carbonyl (C=O) groups excluding carboxylic acids is 2. The van der Waals surface area contributed by atoms with E-state index < -0.39 is 18.5 Å². The Bertz CT molecular complexity index is 973. The van der Waals surface area contributed by atoms with E-state index in [0.29, 0.717) is 22.2 Å². The molecule has 130 valence electrons. The molecule has 0 aliphatic rings. The third-order valence-electron chi connectivity index (χ3n) is 3.64. The van der Waals surface area contributed by atoms with Gasteiger partial charge in [-0.25, -0.2) is 4.79 Å². The molecule has 1 aromatic heterocycles. The molecule has 2 aromatic carbocycles. The zero-order valence-corrected chi connectivity index (χ0v) is 13.8. The molecule has 0 aliphatic carbocycles. The molecule has 1 amide bonds. The van der Waals surface area contributed by atoms with Crippen molar-refractivity contribution in [3.8, 4) is 17.4 Å². The minimum atomic E-state index is -0.623. The Kier molecular flexibility index (Phi) is 5.25. The van der Waals surface area contributed by atoms with Crippen LogP contribution in [0, 0.1) is 11.3 Å². The highest BCUT2D eigenvalue weighted by molar-refractivity contribution is 5.99. The molecule has 0 aliphatic heterocycles. The van der Waals surface area contributed by atoms with Gasteiger partial charge in [0.15, 0.2) is 12.4 Å². The monoisotopic (exact) mass is 349 g/mol. The number of carbonyl (C=O) groups is 2. The molecule has 3 rings (SSSR count). The van der Waals surface area contributed by atoms with Crippen molar-refractivity contribution < 1.29 is 18.8 Å². The van der Waals surface area contributed by atoms with Crippen LogP contribution in [0.2, 0.25) is 0 Å². The van der Waals surface area contributed by atoms with Crippen molar-refractivity contribution in [3.63, 3.8) is 0 Å². The lowest BCUT2D eigenvalue weighted by atomic mass is 10.1. The number of benzene rings is 2. The smallest absolute Gasteiger partial charge is 0.338 e. The minimum absolute atomic E-state index is 0.201. The quantitative estimate of drug-likeness (QED) is 0.542. The van der Waals surface area contributed by atoms with Crippen LogP contribution in [0.5, 0.6) is 0 Å². The second kappa shape index (κ2) is 7.94. The van der Waals surface area contributed by atoms with E-state index in [1.54, 1.807) is 18.2 Å². The summed E-state index contributed by atoms with van der Waals surface area (Å²) in [6.45, 7) is -0.183. The number of amides is 1. The Morgan fingerprint density at radius 3 is 2.77 bits per heavy atom. The topological polar surface area (TPSA) is 105 Å². The third-order valence-corrected chi connectivity index (χ3v) is 3.64. The van der Waals surface area contributed by atoms with Crippen molar-refractivity contribution in [2.24, 2.45) is 0 Å². The number of nitriles is 1. The van der Waals surface area contributed by atoms with Gasteiger partial charge in [0.1, 0.15) is 5.52 Å². The van der Waals surface area contributed by atoms with Gasteiger partial charge in [-0.1, -0.05) is 35.5 Å². The first-order valence-electron chi connectivity index (χ1n) is 7.94. The zero-order valence-electron chi connectivity index (χ0n) is 13.8. The fraction of sp³-hybridized carbons (Fsp3) is 0.158. The van der Waals surface area contributed by atoms with Gasteiger partial charge in [-0.3, -0.25) is 4.79 Å². The van der Waals surface area contributed by atoms with E-state index in [2.05, 4.69) is 10.5 Å². The van der Waals surface area contributed by atoms with Gasteiger partial charge < -0.3 is 14.6 Å². The molecule has 1 N–H and O–H groups in total. The highest BCUT2D eigenvalue weighted by atomic mass is 16.5. The number of esters is 1. The number of rotatable bonds is 6. The van der Waals surface area contributed by atoms with Crippen molar-refractivity contribution in [1.29, 1.82) is 5.26 Å². The maximum absolute atomic E-state index is 12.2. The van der Waals surface area contributed by atoms with Crippen molar-refractivity contribution in [3.05, 3.63) is 54.1 Å². The molecule has 7 heteroatoms. The number of fused-ring (bicyclic) bond motifs is 1. The lowest BCUT2D eigenvalue weighted by Crippen LogP contribution is -2.29. The lowest BCUT2D eigenvalue weighted by Gasteiger charge is -2.05. The summed E-state index contributed by atoms with van der Waals surface area (Å²) >= 11 is 0. The van der Waals surface area contributed by atoms with Gasteiger partial charge in [0.25, 0.3) is 5.91 Å². The molecule has 0 bridgehead atoms. The number of nitrogens with zero attached hydrogens (tertiary/aromatic N) is 2. The largest absolute Gasteiger partial charge is 0.452 e. The molecule has 0 saturated carbocycles. The van der Waals surface area contributed by atoms with Gasteiger partial charge in [-0.15, -0.1) is 0 Å². The average Bonchev–Trinajstić information content (AvgIpc) is 3.10. The Morgan fingerprint density at radius 1 is 1.19 bits per heavy atom. The normalized spacial score (nSPS) is 10.3. The average molecular weight is 349 g/mol.